The van der Waals surface area contributed by atoms with Gasteiger partial charge in [0, 0.05) is 25.4 Å². The third kappa shape index (κ3) is 4.39. The molecular weight excluding hydrogens is 463 g/mol. The summed E-state index contributed by atoms with van der Waals surface area (Å²) in [4.78, 5) is 19.5. The van der Waals surface area contributed by atoms with Crippen molar-refractivity contribution in [1.29, 1.82) is 0 Å². The molecule has 0 aromatic carbocycles. The number of halogens is 1. The van der Waals surface area contributed by atoms with E-state index in [0.717, 1.165) is 63.5 Å². The first-order chi connectivity index (χ1) is 17.9. The van der Waals surface area contributed by atoms with Crippen LogP contribution in [0.5, 0.6) is 0 Å². The minimum absolute atomic E-state index is 0.0174. The number of aromatic nitrogens is 1. The van der Waals surface area contributed by atoms with Crippen LogP contribution in [0.3, 0.4) is 0 Å². The van der Waals surface area contributed by atoms with Crippen LogP contribution in [0.1, 0.15) is 77.2 Å². The molecule has 6 atom stereocenters. The lowest BCUT2D eigenvalue weighted by molar-refractivity contribution is -0.158. The van der Waals surface area contributed by atoms with Crippen molar-refractivity contribution in [2.75, 3.05) is 26.3 Å². The second-order valence-electron chi connectivity index (χ2n) is 12.9. The molecule has 0 bridgehead atoms. The monoisotopic (exact) mass is 506 g/mol. The van der Waals surface area contributed by atoms with E-state index in [1.54, 1.807) is 5.57 Å². The Balaban J connectivity index is 1.11. The standard InChI is InChI=1S/C32H43FN2O2/c1-31-13-9-25(37-30(36)22-11-17-35(18-12-22)19-15-33)20-24(31)5-6-26-28-8-7-27(23-4-3-16-34-21-23)32(28,2)14-10-29(26)31/h3-5,7,16,21-22,25-26,28-29H,6,8-15,17-20H2,1-2H3/t25?,26?,28-,29?,31?,32?/m0/s1. The number of esters is 1. The molecule has 4 nitrogen and oxygen atoms in total. The fourth-order valence-electron chi connectivity index (χ4n) is 9.04. The highest BCUT2D eigenvalue weighted by molar-refractivity contribution is 5.73. The van der Waals surface area contributed by atoms with E-state index >= 15 is 0 Å². The Hall–Kier alpha value is -2.01. The number of rotatable bonds is 5. The average Bonchev–Trinajstić information content (AvgIpc) is 3.27. The Morgan fingerprint density at radius 1 is 1.08 bits per heavy atom. The van der Waals surface area contributed by atoms with Gasteiger partial charge in [-0.25, -0.2) is 4.39 Å². The third-order valence-electron chi connectivity index (χ3n) is 11.2. The minimum Gasteiger partial charge on any atom is -0.462 e. The van der Waals surface area contributed by atoms with Crippen molar-refractivity contribution in [3.05, 3.63) is 47.8 Å². The molecule has 2 heterocycles. The molecule has 0 N–H and O–H groups in total. The molecule has 1 saturated heterocycles. The van der Waals surface area contributed by atoms with Crippen molar-refractivity contribution in [3.63, 3.8) is 0 Å². The van der Waals surface area contributed by atoms with Crippen LogP contribution in [0.4, 0.5) is 4.39 Å². The summed E-state index contributed by atoms with van der Waals surface area (Å²) in [5, 5.41) is 0. The first-order valence-corrected chi connectivity index (χ1v) is 14.7. The Morgan fingerprint density at radius 3 is 2.65 bits per heavy atom. The molecule has 1 aromatic heterocycles. The molecule has 37 heavy (non-hydrogen) atoms. The Bertz CT molecular complexity index is 1060. The largest absolute Gasteiger partial charge is 0.462 e. The first kappa shape index (κ1) is 25.3. The van der Waals surface area contributed by atoms with Crippen molar-refractivity contribution >= 4 is 11.5 Å². The Morgan fingerprint density at radius 2 is 1.89 bits per heavy atom. The van der Waals surface area contributed by atoms with Crippen LogP contribution in [-0.2, 0) is 9.53 Å². The SMILES string of the molecule is CC12CCC(OC(=O)C3CCN(CCF)CC3)CC1=CCC1C2CCC2(C)C(c3cccnc3)=CC[C@@H]12. The van der Waals surface area contributed by atoms with Crippen LogP contribution in [-0.4, -0.2) is 48.3 Å². The summed E-state index contributed by atoms with van der Waals surface area (Å²) in [6.07, 6.45) is 18.5. The number of hydrogen-bond acceptors (Lipinski definition) is 4. The summed E-state index contributed by atoms with van der Waals surface area (Å²) >= 11 is 0. The lowest BCUT2D eigenvalue weighted by Gasteiger charge is -2.58. The molecule has 5 unspecified atom stereocenters. The van der Waals surface area contributed by atoms with E-state index < -0.39 is 0 Å². The summed E-state index contributed by atoms with van der Waals surface area (Å²) in [6.45, 7) is 6.81. The molecule has 200 valence electrons. The zero-order chi connectivity index (χ0) is 25.6. The highest BCUT2D eigenvalue weighted by Gasteiger charge is 2.57. The molecule has 5 heteroatoms. The summed E-state index contributed by atoms with van der Waals surface area (Å²) < 4.78 is 18.8. The smallest absolute Gasteiger partial charge is 0.309 e. The lowest BCUT2D eigenvalue weighted by Crippen LogP contribution is -2.50. The molecular formula is C32H43FN2O2. The first-order valence-electron chi connectivity index (χ1n) is 14.7. The van der Waals surface area contributed by atoms with E-state index in [-0.39, 0.29) is 35.5 Å². The topological polar surface area (TPSA) is 42.4 Å². The lowest BCUT2D eigenvalue weighted by atomic mass is 9.47. The van der Waals surface area contributed by atoms with Crippen molar-refractivity contribution in [2.24, 2.45) is 34.5 Å². The van der Waals surface area contributed by atoms with Gasteiger partial charge in [0.2, 0.25) is 0 Å². The van der Waals surface area contributed by atoms with E-state index in [2.05, 4.69) is 48.0 Å². The maximum atomic E-state index is 13.0. The van der Waals surface area contributed by atoms with Crippen LogP contribution >= 0.6 is 0 Å². The highest BCUT2D eigenvalue weighted by Crippen LogP contribution is 2.66. The number of likely N-dealkylation sites (tertiary alicyclic amines) is 1. The summed E-state index contributed by atoms with van der Waals surface area (Å²) in [6, 6.07) is 4.30. The zero-order valence-corrected chi connectivity index (χ0v) is 22.6. The van der Waals surface area contributed by atoms with Crippen LogP contribution in [0, 0.1) is 34.5 Å². The van der Waals surface area contributed by atoms with E-state index in [1.165, 1.54) is 30.4 Å². The molecule has 6 rings (SSSR count). The van der Waals surface area contributed by atoms with Gasteiger partial charge in [0.1, 0.15) is 12.8 Å². The molecule has 1 aliphatic heterocycles. The van der Waals surface area contributed by atoms with Gasteiger partial charge in [0.25, 0.3) is 0 Å². The maximum absolute atomic E-state index is 13.0. The van der Waals surface area contributed by atoms with E-state index in [9.17, 15) is 9.18 Å². The molecule has 0 spiro atoms. The van der Waals surface area contributed by atoms with Crippen molar-refractivity contribution in [1.82, 2.24) is 9.88 Å². The van der Waals surface area contributed by atoms with Gasteiger partial charge in [-0.3, -0.25) is 9.78 Å². The van der Waals surface area contributed by atoms with Crippen LogP contribution < -0.4 is 0 Å². The number of allylic oxidation sites excluding steroid dienone is 3. The predicted molar refractivity (Wildman–Crippen MR) is 144 cm³/mol. The molecule has 0 radical (unpaired) electrons. The molecule has 5 aliphatic rings. The van der Waals surface area contributed by atoms with Gasteiger partial charge >= 0.3 is 5.97 Å². The van der Waals surface area contributed by atoms with Gasteiger partial charge in [0.05, 0.1) is 5.92 Å². The van der Waals surface area contributed by atoms with Crippen LogP contribution in [0.25, 0.3) is 5.57 Å². The van der Waals surface area contributed by atoms with Crippen molar-refractivity contribution < 1.29 is 13.9 Å². The van der Waals surface area contributed by atoms with Gasteiger partial charge in [-0.05, 0) is 110 Å². The number of ether oxygens (including phenoxy) is 1. The average molecular weight is 507 g/mol. The van der Waals surface area contributed by atoms with Gasteiger partial charge in [-0.1, -0.05) is 37.6 Å². The minimum atomic E-state index is -0.310. The fourth-order valence-corrected chi connectivity index (χ4v) is 9.04. The molecule has 4 aliphatic carbocycles. The van der Waals surface area contributed by atoms with E-state index in [0.29, 0.717) is 12.5 Å². The predicted octanol–water partition coefficient (Wildman–Crippen LogP) is 6.63. The molecule has 1 aromatic rings. The van der Waals surface area contributed by atoms with Crippen LogP contribution in [0.2, 0.25) is 0 Å². The van der Waals surface area contributed by atoms with Gasteiger partial charge in [0.15, 0.2) is 0 Å². The summed E-state index contributed by atoms with van der Waals surface area (Å²) in [7, 11) is 0. The number of pyridine rings is 1. The quantitative estimate of drug-likeness (QED) is 0.332. The summed E-state index contributed by atoms with van der Waals surface area (Å²) in [5.74, 6) is 2.12. The number of piperidine rings is 1. The zero-order valence-electron chi connectivity index (χ0n) is 22.6. The highest BCUT2D eigenvalue weighted by atomic mass is 19.1. The summed E-state index contributed by atoms with van der Waals surface area (Å²) in [5.41, 5.74) is 4.87. The Labute approximate surface area is 221 Å². The number of carbonyl (C=O) groups excluding carboxylic acids is 1. The molecule has 3 fully saturated rings. The Kier molecular flexibility index (Phi) is 6.79. The van der Waals surface area contributed by atoms with Crippen LogP contribution in [0.15, 0.2) is 42.3 Å². The van der Waals surface area contributed by atoms with E-state index in [4.69, 9.17) is 4.74 Å². The number of hydrogen-bond donors (Lipinski definition) is 0. The number of fused-ring (bicyclic) bond motifs is 5. The van der Waals surface area contributed by atoms with E-state index in [1.807, 2.05) is 12.4 Å². The number of alkyl halides is 1. The van der Waals surface area contributed by atoms with Gasteiger partial charge in [-0.2, -0.15) is 0 Å². The molecule has 2 saturated carbocycles. The number of carbonyl (C=O) groups is 1. The second kappa shape index (κ2) is 9.94. The third-order valence-corrected chi connectivity index (χ3v) is 11.2. The number of nitrogens with zero attached hydrogens (tertiary/aromatic N) is 2. The second-order valence-corrected chi connectivity index (χ2v) is 12.9. The van der Waals surface area contributed by atoms with Crippen molar-refractivity contribution in [3.8, 4) is 0 Å². The van der Waals surface area contributed by atoms with Gasteiger partial charge < -0.3 is 9.64 Å². The molecule has 0 amide bonds. The maximum Gasteiger partial charge on any atom is 0.309 e. The fraction of sp³-hybridized carbons (Fsp3) is 0.688. The normalized spacial score (nSPS) is 38.1. The van der Waals surface area contributed by atoms with Crippen molar-refractivity contribution in [2.45, 2.75) is 77.7 Å². The van der Waals surface area contributed by atoms with Gasteiger partial charge in [-0.15, -0.1) is 0 Å².